The second-order valence-corrected chi connectivity index (χ2v) is 8.38. The molecule has 2 aromatic heterocycles. The second-order valence-electron chi connectivity index (χ2n) is 7.24. The first kappa shape index (κ1) is 18.9. The van der Waals surface area contributed by atoms with Crippen molar-refractivity contribution >= 4 is 28.4 Å². The maximum Gasteiger partial charge on any atom is 0.182 e. The fraction of sp³-hybridized carbons (Fsp3) is 0.167. The van der Waals surface area contributed by atoms with E-state index in [-0.39, 0.29) is 17.2 Å². The third-order valence-corrected chi connectivity index (χ3v) is 6.53. The Morgan fingerprint density at radius 1 is 1.10 bits per heavy atom. The van der Waals surface area contributed by atoms with E-state index in [0.717, 1.165) is 33.5 Å². The van der Waals surface area contributed by atoms with Gasteiger partial charge in [0.2, 0.25) is 0 Å². The number of ketones is 1. The first-order valence-electron chi connectivity index (χ1n) is 9.88. The molecule has 5 nitrogen and oxygen atoms in total. The average Bonchev–Trinajstić information content (AvgIpc) is 3.47. The van der Waals surface area contributed by atoms with Crippen molar-refractivity contribution in [3.05, 3.63) is 95.9 Å². The van der Waals surface area contributed by atoms with Gasteiger partial charge in [0.05, 0.1) is 16.9 Å². The SMILES string of the molecule is O=C(c1c[nH]c2c(OCc3ccccc3)cccc12)[C@@H]1CS[C@H](c2cccnc2)N1. The molecule has 2 atom stereocenters. The van der Waals surface area contributed by atoms with Crippen LogP contribution in [0.25, 0.3) is 10.9 Å². The molecule has 4 aromatic rings. The number of Topliss-reactive ketones (excluding diaryl/α,β-unsaturated/α-hetero) is 1. The van der Waals surface area contributed by atoms with E-state index < -0.39 is 0 Å². The highest BCUT2D eigenvalue weighted by Gasteiger charge is 2.32. The van der Waals surface area contributed by atoms with Crippen LogP contribution in [0.5, 0.6) is 5.75 Å². The van der Waals surface area contributed by atoms with Gasteiger partial charge < -0.3 is 9.72 Å². The maximum atomic E-state index is 13.2. The summed E-state index contributed by atoms with van der Waals surface area (Å²) in [5.74, 6) is 1.58. The van der Waals surface area contributed by atoms with Crippen LogP contribution in [0.1, 0.15) is 26.9 Å². The first-order valence-corrected chi connectivity index (χ1v) is 10.9. The minimum Gasteiger partial charge on any atom is -0.487 e. The second kappa shape index (κ2) is 8.34. The van der Waals surface area contributed by atoms with Gasteiger partial charge in [0.1, 0.15) is 12.4 Å². The number of hydrogen-bond acceptors (Lipinski definition) is 5. The van der Waals surface area contributed by atoms with Crippen LogP contribution in [0.15, 0.2) is 79.3 Å². The Morgan fingerprint density at radius 2 is 2.00 bits per heavy atom. The molecule has 0 amide bonds. The van der Waals surface area contributed by atoms with Gasteiger partial charge in [0.25, 0.3) is 0 Å². The number of para-hydroxylation sites is 1. The van der Waals surface area contributed by atoms with Crippen molar-refractivity contribution in [3.8, 4) is 5.75 Å². The predicted molar refractivity (Wildman–Crippen MR) is 120 cm³/mol. The summed E-state index contributed by atoms with van der Waals surface area (Å²) >= 11 is 1.74. The standard InChI is InChI=1S/C24H21N3O2S/c28-23(20-15-30-24(27-20)17-8-5-11-25-12-17)19-13-26-22-18(19)9-4-10-21(22)29-14-16-6-2-1-3-7-16/h1-13,20,24,26-27H,14-15H2/t20-,24+/m0/s1. The number of aromatic nitrogens is 2. The van der Waals surface area contributed by atoms with Crippen molar-refractivity contribution in [2.75, 3.05) is 5.75 Å². The largest absolute Gasteiger partial charge is 0.487 e. The van der Waals surface area contributed by atoms with E-state index in [9.17, 15) is 4.79 Å². The van der Waals surface area contributed by atoms with Gasteiger partial charge in [0.15, 0.2) is 5.78 Å². The maximum absolute atomic E-state index is 13.2. The number of fused-ring (bicyclic) bond motifs is 1. The van der Waals surface area contributed by atoms with Crippen LogP contribution in [0.2, 0.25) is 0 Å². The van der Waals surface area contributed by atoms with E-state index in [0.29, 0.717) is 12.2 Å². The highest BCUT2D eigenvalue weighted by molar-refractivity contribution is 7.99. The van der Waals surface area contributed by atoms with Crippen LogP contribution < -0.4 is 10.1 Å². The highest BCUT2D eigenvalue weighted by atomic mass is 32.2. The van der Waals surface area contributed by atoms with E-state index >= 15 is 0 Å². The summed E-state index contributed by atoms with van der Waals surface area (Å²) in [6.45, 7) is 0.482. The number of nitrogens with one attached hydrogen (secondary N) is 2. The van der Waals surface area contributed by atoms with E-state index in [2.05, 4.69) is 15.3 Å². The lowest BCUT2D eigenvalue weighted by atomic mass is 10.0. The average molecular weight is 416 g/mol. The molecule has 0 aliphatic carbocycles. The molecular formula is C24H21N3O2S. The van der Waals surface area contributed by atoms with Gasteiger partial charge in [-0.05, 0) is 23.3 Å². The number of pyridine rings is 1. The lowest BCUT2D eigenvalue weighted by molar-refractivity contribution is 0.0957. The fourth-order valence-corrected chi connectivity index (χ4v) is 4.94. The molecule has 150 valence electrons. The molecule has 1 aliphatic heterocycles. The summed E-state index contributed by atoms with van der Waals surface area (Å²) in [5.41, 5.74) is 3.74. The third-order valence-electron chi connectivity index (χ3n) is 5.27. The number of carbonyl (C=O) groups excluding carboxylic acids is 1. The summed E-state index contributed by atoms with van der Waals surface area (Å²) in [6.07, 6.45) is 5.40. The lowest BCUT2D eigenvalue weighted by Crippen LogP contribution is -2.34. The van der Waals surface area contributed by atoms with Gasteiger partial charge in [-0.3, -0.25) is 15.1 Å². The number of H-pyrrole nitrogens is 1. The molecule has 1 aliphatic rings. The molecule has 1 fully saturated rings. The van der Waals surface area contributed by atoms with Crippen molar-refractivity contribution in [3.63, 3.8) is 0 Å². The number of carbonyl (C=O) groups is 1. The topological polar surface area (TPSA) is 67.0 Å². The van der Waals surface area contributed by atoms with Gasteiger partial charge in [-0.1, -0.05) is 48.5 Å². The smallest absolute Gasteiger partial charge is 0.182 e. The van der Waals surface area contributed by atoms with Crippen molar-refractivity contribution in [1.29, 1.82) is 0 Å². The zero-order valence-corrected chi connectivity index (χ0v) is 17.1. The summed E-state index contributed by atoms with van der Waals surface area (Å²) < 4.78 is 6.03. The summed E-state index contributed by atoms with van der Waals surface area (Å²) in [4.78, 5) is 20.7. The number of nitrogens with zero attached hydrogens (tertiary/aromatic N) is 1. The number of thioether (sulfide) groups is 1. The Balaban J connectivity index is 1.34. The van der Waals surface area contributed by atoms with Crippen molar-refractivity contribution < 1.29 is 9.53 Å². The van der Waals surface area contributed by atoms with Gasteiger partial charge in [0, 0.05) is 35.3 Å². The Bertz CT molecular complexity index is 1160. The Kier molecular flexibility index (Phi) is 5.26. The third kappa shape index (κ3) is 3.72. The fourth-order valence-electron chi connectivity index (χ4n) is 3.72. The summed E-state index contributed by atoms with van der Waals surface area (Å²) in [5, 5.41) is 4.43. The molecule has 3 heterocycles. The molecule has 5 rings (SSSR count). The van der Waals surface area contributed by atoms with E-state index in [1.54, 1.807) is 24.2 Å². The van der Waals surface area contributed by atoms with Gasteiger partial charge in [-0.25, -0.2) is 0 Å². The molecule has 0 unspecified atom stereocenters. The van der Waals surface area contributed by atoms with Crippen molar-refractivity contribution in [2.45, 2.75) is 18.0 Å². The molecule has 0 bridgehead atoms. The van der Waals surface area contributed by atoms with Crippen LogP contribution in [0, 0.1) is 0 Å². The molecule has 0 radical (unpaired) electrons. The molecule has 2 N–H and O–H groups in total. The molecule has 1 saturated heterocycles. The zero-order chi connectivity index (χ0) is 20.3. The van der Waals surface area contributed by atoms with Gasteiger partial charge in [-0.15, -0.1) is 11.8 Å². The lowest BCUT2D eigenvalue weighted by Gasteiger charge is -2.12. The number of hydrogen-bond donors (Lipinski definition) is 2. The first-order chi connectivity index (χ1) is 14.8. The van der Waals surface area contributed by atoms with Crippen LogP contribution in [-0.2, 0) is 6.61 Å². The molecule has 6 heteroatoms. The number of aromatic amines is 1. The Labute approximate surface area is 178 Å². The monoisotopic (exact) mass is 415 g/mol. The van der Waals surface area contributed by atoms with Gasteiger partial charge >= 0.3 is 0 Å². The van der Waals surface area contributed by atoms with Crippen molar-refractivity contribution in [2.24, 2.45) is 0 Å². The zero-order valence-electron chi connectivity index (χ0n) is 16.2. The summed E-state index contributed by atoms with van der Waals surface area (Å²) in [7, 11) is 0. The van der Waals surface area contributed by atoms with Crippen LogP contribution in [-0.4, -0.2) is 27.5 Å². The number of rotatable bonds is 6. The predicted octanol–water partition coefficient (Wildman–Crippen LogP) is 4.73. The highest BCUT2D eigenvalue weighted by Crippen LogP contribution is 2.35. The van der Waals surface area contributed by atoms with Crippen LogP contribution in [0.4, 0.5) is 0 Å². The number of benzene rings is 2. The van der Waals surface area contributed by atoms with Gasteiger partial charge in [-0.2, -0.15) is 0 Å². The normalized spacial score (nSPS) is 18.5. The number of ether oxygens (including phenoxy) is 1. The van der Waals surface area contributed by atoms with E-state index in [1.807, 2.05) is 66.9 Å². The van der Waals surface area contributed by atoms with Crippen molar-refractivity contribution in [1.82, 2.24) is 15.3 Å². The van der Waals surface area contributed by atoms with E-state index in [1.165, 1.54) is 0 Å². The molecule has 0 saturated carbocycles. The molecular weight excluding hydrogens is 394 g/mol. The Morgan fingerprint density at radius 3 is 2.83 bits per heavy atom. The van der Waals surface area contributed by atoms with Crippen LogP contribution >= 0.6 is 11.8 Å². The van der Waals surface area contributed by atoms with E-state index in [4.69, 9.17) is 4.74 Å². The minimum atomic E-state index is -0.229. The quantitative estimate of drug-likeness (QED) is 0.446. The molecule has 0 spiro atoms. The molecule has 30 heavy (non-hydrogen) atoms. The summed E-state index contributed by atoms with van der Waals surface area (Å²) in [6, 6.07) is 19.6. The minimum absolute atomic E-state index is 0.0858. The van der Waals surface area contributed by atoms with Crippen LogP contribution in [0.3, 0.4) is 0 Å². The molecule has 2 aromatic carbocycles. The Hall–Kier alpha value is -3.09.